The van der Waals surface area contributed by atoms with Gasteiger partial charge in [-0.3, -0.25) is 4.79 Å². The van der Waals surface area contributed by atoms with Crippen molar-refractivity contribution in [3.05, 3.63) is 24.3 Å². The van der Waals surface area contributed by atoms with E-state index in [1.807, 2.05) is 13.0 Å². The van der Waals surface area contributed by atoms with Gasteiger partial charge >= 0.3 is 0 Å². The first-order chi connectivity index (χ1) is 13.1. The van der Waals surface area contributed by atoms with E-state index >= 15 is 0 Å². The molecule has 0 aromatic carbocycles. The van der Waals surface area contributed by atoms with Crippen molar-refractivity contribution in [2.24, 2.45) is 22.2 Å². The first kappa shape index (κ1) is 21.5. The third kappa shape index (κ3) is 2.23. The predicted molar refractivity (Wildman–Crippen MR) is 117 cm³/mol. The number of ketones is 1. The molecule has 0 N–H and O–H groups in total. The number of carbonyl (C=O) groups excluding carboxylic acids is 1. The fraction of sp³-hybridized carbons (Fsp3) is 0.792. The van der Waals surface area contributed by atoms with Crippen LogP contribution < -0.4 is 0 Å². The van der Waals surface area contributed by atoms with Crippen molar-refractivity contribution in [2.45, 2.75) is 84.4 Å². The topological polar surface area (TPSA) is 44.8 Å². The number of Topliss-reactive ketones (excluding diaryl/α,β-unsaturated/α-hetero) is 1. The Balaban J connectivity index is 1.84. The average molecular weight is 419 g/mol. The standard InChI is InChI=1S/C24H38O4Si/c1-11-16-21(6)19(25)23(8)18-22(21,7)17(28-16)15(2)12-24(18,13-26-23)14-27-29(9,10)20(3,4)5/h11-12,16-18H,1,13-14H2,2-10H3/t16-,17?,18+,21+,22-,23?,24-/m0/s1. The van der Waals surface area contributed by atoms with Crippen molar-refractivity contribution < 1.29 is 18.7 Å². The highest BCUT2D eigenvalue weighted by Gasteiger charge is 2.84. The monoisotopic (exact) mass is 418 g/mol. The molecule has 29 heavy (non-hydrogen) atoms. The molecule has 0 radical (unpaired) electrons. The van der Waals surface area contributed by atoms with Crippen LogP contribution in [0.1, 0.15) is 48.5 Å². The highest BCUT2D eigenvalue weighted by Crippen LogP contribution is 2.75. The van der Waals surface area contributed by atoms with Gasteiger partial charge in [-0.05, 0) is 44.5 Å². The molecule has 0 bridgehead atoms. The lowest BCUT2D eigenvalue weighted by molar-refractivity contribution is -0.145. The molecule has 3 fully saturated rings. The quantitative estimate of drug-likeness (QED) is 0.481. The van der Waals surface area contributed by atoms with Crippen molar-refractivity contribution in [1.29, 1.82) is 0 Å². The number of carbonyl (C=O) groups is 1. The van der Waals surface area contributed by atoms with Crippen LogP contribution in [-0.2, 0) is 18.7 Å². The predicted octanol–water partition coefficient (Wildman–Crippen LogP) is 4.91. The van der Waals surface area contributed by atoms with Gasteiger partial charge in [0.2, 0.25) is 0 Å². The van der Waals surface area contributed by atoms with Gasteiger partial charge in [-0.15, -0.1) is 6.58 Å². The summed E-state index contributed by atoms with van der Waals surface area (Å²) in [5.41, 5.74) is -0.894. The minimum atomic E-state index is -1.94. The Morgan fingerprint density at radius 2 is 1.93 bits per heavy atom. The molecule has 4 nitrogen and oxygen atoms in total. The molecular weight excluding hydrogens is 380 g/mol. The van der Waals surface area contributed by atoms with Gasteiger partial charge in [0.25, 0.3) is 0 Å². The van der Waals surface area contributed by atoms with Gasteiger partial charge in [0, 0.05) is 23.4 Å². The van der Waals surface area contributed by atoms with Crippen molar-refractivity contribution in [1.82, 2.24) is 0 Å². The van der Waals surface area contributed by atoms with Gasteiger partial charge < -0.3 is 13.9 Å². The van der Waals surface area contributed by atoms with Crippen LogP contribution in [-0.4, -0.2) is 45.1 Å². The zero-order valence-electron chi connectivity index (χ0n) is 19.6. The molecular formula is C24H38O4Si. The minimum Gasteiger partial charge on any atom is -0.416 e. The van der Waals surface area contributed by atoms with E-state index in [1.165, 1.54) is 5.57 Å². The zero-order chi connectivity index (χ0) is 21.8. The summed E-state index contributed by atoms with van der Waals surface area (Å²) in [6.07, 6.45) is 3.75. The molecule has 0 amide bonds. The van der Waals surface area contributed by atoms with Crippen LogP contribution in [0.15, 0.2) is 24.3 Å². The van der Waals surface area contributed by atoms with E-state index in [1.54, 1.807) is 0 Å². The maximum atomic E-state index is 13.9. The Morgan fingerprint density at radius 1 is 1.31 bits per heavy atom. The number of hydrogen-bond acceptors (Lipinski definition) is 4. The third-order valence-electron chi connectivity index (χ3n) is 9.45. The Hall–Kier alpha value is -0.753. The van der Waals surface area contributed by atoms with E-state index in [0.717, 1.165) is 0 Å². The van der Waals surface area contributed by atoms with Gasteiger partial charge in [-0.1, -0.05) is 39.8 Å². The van der Waals surface area contributed by atoms with E-state index in [-0.39, 0.29) is 39.8 Å². The summed E-state index contributed by atoms with van der Waals surface area (Å²) in [7, 11) is -1.94. The van der Waals surface area contributed by atoms with Crippen LogP contribution >= 0.6 is 0 Å². The summed E-state index contributed by atoms with van der Waals surface area (Å²) in [4.78, 5) is 13.9. The van der Waals surface area contributed by atoms with E-state index in [2.05, 4.69) is 67.3 Å². The smallest absolute Gasteiger partial charge is 0.192 e. The summed E-state index contributed by atoms with van der Waals surface area (Å²) >= 11 is 0. The molecule has 4 aliphatic rings. The molecule has 5 heteroatoms. The second-order valence-corrected chi connectivity index (χ2v) is 16.8. The van der Waals surface area contributed by atoms with Crippen LogP contribution in [0.2, 0.25) is 18.1 Å². The molecule has 1 saturated carbocycles. The summed E-state index contributed by atoms with van der Waals surface area (Å²) in [5.74, 6) is 0.200. The maximum absolute atomic E-state index is 13.9. The molecule has 2 heterocycles. The lowest BCUT2D eigenvalue weighted by atomic mass is 9.51. The molecule has 0 aromatic rings. The van der Waals surface area contributed by atoms with Crippen molar-refractivity contribution in [2.75, 3.05) is 13.2 Å². The lowest BCUT2D eigenvalue weighted by Gasteiger charge is -2.51. The van der Waals surface area contributed by atoms with Gasteiger partial charge in [0.15, 0.2) is 14.1 Å². The fourth-order valence-electron chi connectivity index (χ4n) is 6.93. The van der Waals surface area contributed by atoms with Crippen LogP contribution in [0.3, 0.4) is 0 Å². The molecule has 2 saturated heterocycles. The Bertz CT molecular complexity index is 810. The summed E-state index contributed by atoms with van der Waals surface area (Å²) in [6, 6.07) is 0. The largest absolute Gasteiger partial charge is 0.416 e. The highest BCUT2D eigenvalue weighted by atomic mass is 28.4. The fourth-order valence-corrected chi connectivity index (χ4v) is 8.00. The van der Waals surface area contributed by atoms with E-state index in [9.17, 15) is 4.79 Å². The van der Waals surface area contributed by atoms with E-state index < -0.39 is 19.3 Å². The normalized spacial score (nSPS) is 48.7. The molecule has 7 atom stereocenters. The summed E-state index contributed by atoms with van der Waals surface area (Å²) < 4.78 is 19.6. The van der Waals surface area contributed by atoms with Gasteiger partial charge in [0.1, 0.15) is 5.60 Å². The molecule has 0 spiro atoms. The van der Waals surface area contributed by atoms with Crippen LogP contribution in [0.5, 0.6) is 0 Å². The van der Waals surface area contributed by atoms with Gasteiger partial charge in [0.05, 0.1) is 24.2 Å². The Labute approximate surface area is 177 Å². The van der Waals surface area contributed by atoms with Crippen molar-refractivity contribution in [3.8, 4) is 0 Å². The van der Waals surface area contributed by atoms with E-state index in [4.69, 9.17) is 13.9 Å². The molecule has 2 aliphatic carbocycles. The first-order valence-electron chi connectivity index (χ1n) is 10.9. The number of hydrogen-bond donors (Lipinski definition) is 0. The van der Waals surface area contributed by atoms with Crippen LogP contribution in [0, 0.1) is 22.2 Å². The average Bonchev–Trinajstić information content (AvgIpc) is 3.08. The summed E-state index contributed by atoms with van der Waals surface area (Å²) in [5, 5.41) is 0.136. The van der Waals surface area contributed by atoms with Crippen LogP contribution in [0.25, 0.3) is 0 Å². The molecule has 0 aromatic heterocycles. The second-order valence-electron chi connectivity index (χ2n) is 12.0. The van der Waals surface area contributed by atoms with E-state index in [0.29, 0.717) is 13.2 Å². The Morgan fingerprint density at radius 3 is 2.48 bits per heavy atom. The SMILES string of the molecule is C=C[C@@H]1OC2C(C)=C[C@@]3(CO[Si](C)(C)C(C)(C)C)COC4(C)C(=O)[C@]1(C)[C@]2(C)[C@H]43. The lowest BCUT2D eigenvalue weighted by Crippen LogP contribution is -2.55. The van der Waals surface area contributed by atoms with Crippen molar-refractivity contribution in [3.63, 3.8) is 0 Å². The summed E-state index contributed by atoms with van der Waals surface area (Å²) in [6.45, 7) is 25.0. The second kappa shape index (κ2) is 5.73. The third-order valence-corrected chi connectivity index (χ3v) is 13.9. The Kier molecular flexibility index (Phi) is 4.24. The zero-order valence-corrected chi connectivity index (χ0v) is 20.6. The molecule has 2 aliphatic heterocycles. The molecule has 4 rings (SSSR count). The number of ether oxygens (including phenoxy) is 2. The highest BCUT2D eigenvalue weighted by molar-refractivity contribution is 6.74. The van der Waals surface area contributed by atoms with Gasteiger partial charge in [-0.25, -0.2) is 0 Å². The molecule has 162 valence electrons. The molecule has 2 unspecified atom stereocenters. The minimum absolute atomic E-state index is 0.0309. The van der Waals surface area contributed by atoms with Crippen LogP contribution in [0.4, 0.5) is 0 Å². The first-order valence-corrected chi connectivity index (χ1v) is 13.8. The number of rotatable bonds is 4. The van der Waals surface area contributed by atoms with Crippen molar-refractivity contribution >= 4 is 14.1 Å². The van der Waals surface area contributed by atoms with Gasteiger partial charge in [-0.2, -0.15) is 0 Å². The maximum Gasteiger partial charge on any atom is 0.192 e.